The van der Waals surface area contributed by atoms with E-state index in [2.05, 4.69) is 5.32 Å². The van der Waals surface area contributed by atoms with Crippen molar-refractivity contribution in [2.75, 3.05) is 25.0 Å². The van der Waals surface area contributed by atoms with Crippen LogP contribution in [-0.2, 0) is 14.3 Å². The van der Waals surface area contributed by atoms with Crippen LogP contribution in [0.25, 0.3) is 6.08 Å². The Kier molecular flexibility index (Phi) is 7.52. The fourth-order valence-corrected chi connectivity index (χ4v) is 2.77. The highest BCUT2D eigenvalue weighted by Crippen LogP contribution is 2.19. The number of carbonyl (C=O) groups excluding carboxylic acids is 4. The molecular weight excluding hydrogens is 374 g/mol. The van der Waals surface area contributed by atoms with E-state index >= 15 is 0 Å². The molecule has 1 aromatic carbocycles. The summed E-state index contributed by atoms with van der Waals surface area (Å²) in [5.41, 5.74) is 0.352. The largest absolute Gasteiger partial charge is 0.443 e. The molecule has 0 saturated carbocycles. The molecule has 0 atom stereocenters. The Morgan fingerprint density at radius 1 is 1.17 bits per heavy atom. The number of hydrogen-bond acceptors (Lipinski definition) is 5. The molecule has 1 saturated heterocycles. The minimum absolute atomic E-state index is 0.189. The lowest BCUT2D eigenvalue weighted by molar-refractivity contribution is -0.127. The Morgan fingerprint density at radius 3 is 2.45 bits per heavy atom. The summed E-state index contributed by atoms with van der Waals surface area (Å²) in [5.74, 6) is -0.688. The number of ether oxygens (including phenoxy) is 1. The van der Waals surface area contributed by atoms with Crippen LogP contribution in [0.15, 0.2) is 30.3 Å². The molecule has 1 aliphatic rings. The van der Waals surface area contributed by atoms with Crippen molar-refractivity contribution in [2.45, 2.75) is 39.2 Å². The number of aldehydes is 1. The number of hydrogen-bond donors (Lipinski definition) is 1. The first-order valence-corrected chi connectivity index (χ1v) is 9.52. The van der Waals surface area contributed by atoms with Crippen LogP contribution in [-0.4, -0.2) is 59.4 Å². The van der Waals surface area contributed by atoms with E-state index in [9.17, 15) is 19.2 Å². The zero-order valence-corrected chi connectivity index (χ0v) is 17.0. The van der Waals surface area contributed by atoms with Crippen molar-refractivity contribution < 1.29 is 23.9 Å². The molecule has 29 heavy (non-hydrogen) atoms. The van der Waals surface area contributed by atoms with Gasteiger partial charge in [0, 0.05) is 24.9 Å². The van der Waals surface area contributed by atoms with Crippen molar-refractivity contribution >= 4 is 36.1 Å². The van der Waals surface area contributed by atoms with Gasteiger partial charge in [-0.05, 0) is 51.3 Å². The average Bonchev–Trinajstić information content (AvgIpc) is 3.18. The third-order valence-corrected chi connectivity index (χ3v) is 4.14. The molecule has 0 bridgehead atoms. The molecular formula is C21H27N3O5. The maximum atomic E-state index is 12.5. The minimum Gasteiger partial charge on any atom is -0.443 e. The number of rotatable bonds is 5. The number of imide groups is 1. The first-order chi connectivity index (χ1) is 13.7. The molecule has 1 heterocycles. The number of nitrogens with zero attached hydrogens (tertiary/aromatic N) is 2. The van der Waals surface area contributed by atoms with E-state index in [1.54, 1.807) is 49.9 Å². The van der Waals surface area contributed by atoms with Gasteiger partial charge in [0.25, 0.3) is 5.91 Å². The molecule has 1 aromatic rings. The lowest BCUT2D eigenvalue weighted by Gasteiger charge is -2.24. The van der Waals surface area contributed by atoms with E-state index in [1.807, 2.05) is 0 Å². The normalized spacial score (nSPS) is 14.0. The SMILES string of the molecule is CC(C)(C)OC(=O)N(CC=O)C(=O)/C=C/c1ccccc1NC(=O)N1CCCC1. The summed E-state index contributed by atoms with van der Waals surface area (Å²) in [4.78, 5) is 50.3. The highest BCUT2D eigenvalue weighted by Gasteiger charge is 2.25. The second kappa shape index (κ2) is 9.86. The fourth-order valence-electron chi connectivity index (χ4n) is 2.77. The topological polar surface area (TPSA) is 96.0 Å². The zero-order chi connectivity index (χ0) is 21.4. The third-order valence-electron chi connectivity index (χ3n) is 4.14. The van der Waals surface area contributed by atoms with Crippen LogP contribution in [0.1, 0.15) is 39.2 Å². The summed E-state index contributed by atoms with van der Waals surface area (Å²) in [6, 6.07) is 6.83. The standard InChI is InChI=1S/C21H27N3O5/c1-21(2,3)29-20(28)24(14-15-25)18(26)11-10-16-8-4-5-9-17(16)22-19(27)23-12-6-7-13-23/h4-5,8-11,15H,6-7,12-14H2,1-3H3,(H,22,27)/b11-10+. The smallest absolute Gasteiger partial charge is 0.417 e. The first kappa shape index (κ1) is 22.1. The van der Waals surface area contributed by atoms with Crippen molar-refractivity contribution in [1.82, 2.24) is 9.80 Å². The molecule has 0 unspecified atom stereocenters. The molecule has 0 radical (unpaired) electrons. The van der Waals surface area contributed by atoms with Gasteiger partial charge in [0.1, 0.15) is 11.9 Å². The van der Waals surface area contributed by atoms with Gasteiger partial charge in [-0.25, -0.2) is 14.5 Å². The number of para-hydroxylation sites is 1. The summed E-state index contributed by atoms with van der Waals surface area (Å²) in [6.45, 7) is 6.04. The quantitative estimate of drug-likeness (QED) is 0.603. The van der Waals surface area contributed by atoms with Gasteiger partial charge < -0.3 is 19.7 Å². The monoisotopic (exact) mass is 401 g/mol. The van der Waals surface area contributed by atoms with Crippen LogP contribution in [0, 0.1) is 0 Å². The second-order valence-corrected chi connectivity index (χ2v) is 7.64. The van der Waals surface area contributed by atoms with Gasteiger partial charge in [-0.1, -0.05) is 18.2 Å². The van der Waals surface area contributed by atoms with Crippen molar-refractivity contribution in [3.63, 3.8) is 0 Å². The number of anilines is 1. The Labute approximate surface area is 170 Å². The molecule has 2 rings (SSSR count). The summed E-state index contributed by atoms with van der Waals surface area (Å²) < 4.78 is 5.17. The van der Waals surface area contributed by atoms with Crippen LogP contribution in [0.3, 0.4) is 0 Å². The van der Waals surface area contributed by atoms with Crippen LogP contribution >= 0.6 is 0 Å². The number of amides is 4. The molecule has 0 aliphatic carbocycles. The van der Waals surface area contributed by atoms with Crippen LogP contribution in [0.5, 0.6) is 0 Å². The van der Waals surface area contributed by atoms with E-state index in [1.165, 1.54) is 12.2 Å². The van der Waals surface area contributed by atoms with E-state index in [4.69, 9.17) is 4.74 Å². The van der Waals surface area contributed by atoms with Crippen molar-refractivity contribution in [1.29, 1.82) is 0 Å². The molecule has 1 fully saturated rings. The molecule has 0 aromatic heterocycles. The van der Waals surface area contributed by atoms with Gasteiger partial charge in [0.2, 0.25) is 0 Å². The predicted octanol–water partition coefficient (Wildman–Crippen LogP) is 3.29. The number of urea groups is 1. The maximum absolute atomic E-state index is 12.5. The van der Waals surface area contributed by atoms with E-state index < -0.39 is 24.1 Å². The summed E-state index contributed by atoms with van der Waals surface area (Å²) in [5, 5.41) is 2.85. The average molecular weight is 401 g/mol. The Balaban J connectivity index is 2.12. The van der Waals surface area contributed by atoms with Crippen molar-refractivity contribution in [2.24, 2.45) is 0 Å². The highest BCUT2D eigenvalue weighted by atomic mass is 16.6. The molecule has 1 N–H and O–H groups in total. The summed E-state index contributed by atoms with van der Waals surface area (Å²) in [7, 11) is 0. The second-order valence-electron chi connectivity index (χ2n) is 7.64. The van der Waals surface area contributed by atoms with Gasteiger partial charge in [0.15, 0.2) is 0 Å². The Hall–Kier alpha value is -3.16. The van der Waals surface area contributed by atoms with Gasteiger partial charge in [-0.15, -0.1) is 0 Å². The molecule has 156 valence electrons. The number of carbonyl (C=O) groups is 4. The number of benzene rings is 1. The van der Waals surface area contributed by atoms with Crippen molar-refractivity contribution in [3.8, 4) is 0 Å². The maximum Gasteiger partial charge on any atom is 0.417 e. The van der Waals surface area contributed by atoms with Gasteiger partial charge in [-0.2, -0.15) is 0 Å². The third kappa shape index (κ3) is 6.74. The van der Waals surface area contributed by atoms with Gasteiger partial charge in [-0.3, -0.25) is 4.79 Å². The number of nitrogens with one attached hydrogen (secondary N) is 1. The van der Waals surface area contributed by atoms with E-state index in [0.717, 1.165) is 30.8 Å². The lowest BCUT2D eigenvalue weighted by Crippen LogP contribution is -2.41. The summed E-state index contributed by atoms with van der Waals surface area (Å²) >= 11 is 0. The van der Waals surface area contributed by atoms with Gasteiger partial charge in [0.05, 0.1) is 6.54 Å². The highest BCUT2D eigenvalue weighted by molar-refractivity contribution is 6.03. The first-order valence-electron chi connectivity index (χ1n) is 9.52. The Morgan fingerprint density at radius 2 is 1.83 bits per heavy atom. The summed E-state index contributed by atoms with van der Waals surface area (Å²) in [6.07, 6.45) is 4.20. The van der Waals surface area contributed by atoms with Crippen molar-refractivity contribution in [3.05, 3.63) is 35.9 Å². The van der Waals surface area contributed by atoms with E-state index in [-0.39, 0.29) is 6.03 Å². The van der Waals surface area contributed by atoms with Crippen LogP contribution in [0.2, 0.25) is 0 Å². The molecule has 8 heteroatoms. The van der Waals surface area contributed by atoms with Crippen LogP contribution < -0.4 is 5.32 Å². The molecule has 4 amide bonds. The lowest BCUT2D eigenvalue weighted by atomic mass is 10.1. The van der Waals surface area contributed by atoms with E-state index in [0.29, 0.717) is 17.5 Å². The molecule has 0 spiro atoms. The Bertz CT molecular complexity index is 792. The molecule has 1 aliphatic heterocycles. The number of likely N-dealkylation sites (tertiary alicyclic amines) is 1. The van der Waals surface area contributed by atoms with Gasteiger partial charge >= 0.3 is 12.1 Å². The molecule has 8 nitrogen and oxygen atoms in total. The minimum atomic E-state index is -0.894. The zero-order valence-electron chi connectivity index (χ0n) is 17.0. The predicted molar refractivity (Wildman–Crippen MR) is 109 cm³/mol. The fraction of sp³-hybridized carbons (Fsp3) is 0.429. The van der Waals surface area contributed by atoms with Crippen LogP contribution in [0.4, 0.5) is 15.3 Å².